The Labute approximate surface area is 198 Å². The van der Waals surface area contributed by atoms with Crippen LogP contribution < -0.4 is 10.6 Å². The summed E-state index contributed by atoms with van der Waals surface area (Å²) in [5.41, 5.74) is 4.11. The van der Waals surface area contributed by atoms with Gasteiger partial charge in [-0.3, -0.25) is 9.48 Å². The Hall–Kier alpha value is -2.98. The number of anilines is 1. The first-order valence-corrected chi connectivity index (χ1v) is 12.1. The van der Waals surface area contributed by atoms with Crippen molar-refractivity contribution in [2.45, 2.75) is 76.1 Å². The molecule has 1 saturated carbocycles. The molecule has 0 bridgehead atoms. The third kappa shape index (κ3) is 4.78. The highest BCUT2D eigenvalue weighted by atomic mass is 16.5. The number of aromatic nitrogens is 5. The van der Waals surface area contributed by atoms with Gasteiger partial charge >= 0.3 is 0 Å². The van der Waals surface area contributed by atoms with Crippen molar-refractivity contribution in [3.8, 4) is 11.1 Å². The molecule has 0 unspecified atom stereocenters. The lowest BCUT2D eigenvalue weighted by atomic mass is 9.85. The van der Waals surface area contributed by atoms with Crippen molar-refractivity contribution in [2.24, 2.45) is 0 Å². The Morgan fingerprint density at radius 2 is 2.09 bits per heavy atom. The van der Waals surface area contributed by atoms with Crippen molar-refractivity contribution in [3.05, 3.63) is 30.4 Å². The predicted octanol–water partition coefficient (Wildman–Crippen LogP) is 2.34. The van der Waals surface area contributed by atoms with E-state index in [0.29, 0.717) is 31.4 Å². The Balaban J connectivity index is 1.47. The maximum absolute atomic E-state index is 11.5. The van der Waals surface area contributed by atoms with Crippen LogP contribution in [0.4, 0.5) is 5.95 Å². The number of hydrogen-bond donors (Lipinski definition) is 3. The number of nitrogens with one attached hydrogen (secondary N) is 2. The zero-order valence-electron chi connectivity index (χ0n) is 19.8. The smallest absolute Gasteiger partial charge is 0.241 e. The number of aliphatic hydroxyl groups excluding tert-OH is 1. The van der Waals surface area contributed by atoms with Gasteiger partial charge in [0, 0.05) is 54.5 Å². The fourth-order valence-electron chi connectivity index (χ4n) is 5.13. The van der Waals surface area contributed by atoms with Crippen LogP contribution in [0.3, 0.4) is 0 Å². The maximum atomic E-state index is 11.5. The molecule has 10 nitrogen and oxygen atoms in total. The topological polar surface area (TPSA) is 119 Å². The summed E-state index contributed by atoms with van der Waals surface area (Å²) >= 11 is 0. The summed E-state index contributed by atoms with van der Waals surface area (Å²) < 4.78 is 9.13. The number of carbonyl (C=O) groups excluding carboxylic acids is 1. The molecule has 4 heterocycles. The predicted molar refractivity (Wildman–Crippen MR) is 128 cm³/mol. The number of rotatable bonds is 8. The monoisotopic (exact) mass is 467 g/mol. The normalized spacial score (nSPS) is 23.9. The van der Waals surface area contributed by atoms with Crippen molar-refractivity contribution < 1.29 is 14.6 Å². The van der Waals surface area contributed by atoms with E-state index in [-0.39, 0.29) is 24.1 Å². The molecule has 3 aromatic rings. The molecule has 1 aliphatic carbocycles. The highest BCUT2D eigenvalue weighted by molar-refractivity contribution is 5.81. The van der Waals surface area contributed by atoms with Gasteiger partial charge in [0.25, 0.3) is 0 Å². The van der Waals surface area contributed by atoms with Crippen molar-refractivity contribution in [1.82, 2.24) is 29.7 Å². The van der Waals surface area contributed by atoms with Crippen molar-refractivity contribution in [3.63, 3.8) is 0 Å². The summed E-state index contributed by atoms with van der Waals surface area (Å²) in [5, 5.41) is 25.7. The number of carbonyl (C=O) groups is 1. The van der Waals surface area contributed by atoms with Crippen LogP contribution in [-0.2, 0) is 16.1 Å². The fraction of sp³-hybridized carbons (Fsp3) is 0.583. The average molecular weight is 468 g/mol. The Kier molecular flexibility index (Phi) is 6.51. The molecule has 3 aromatic heterocycles. The standard InChI is InChI=1S/C24H33N7O3/c1-15(14-34-2)27-24-25-11-22-20(9-21(31(22)29-24)16-3-6-19(32)7-4-16)17-10-26-30(12-17)13-18-5-8-23(33)28-18/h9-12,15-16,18-19,32H,3-8,13-14H2,1-2H3,(H,27,29)(H,28,33)/t15-,16?,18+,19?/m0/s1. The molecule has 34 heavy (non-hydrogen) atoms. The number of amides is 1. The summed E-state index contributed by atoms with van der Waals surface area (Å²) in [5.74, 6) is 0.996. The van der Waals surface area contributed by atoms with Gasteiger partial charge in [-0.15, -0.1) is 5.10 Å². The SMILES string of the molecule is COC[C@H](C)Nc1ncc2c(-c3cnn(C[C@H]4CCC(=O)N4)c3)cc(C3CCC(O)CC3)n2n1. The van der Waals surface area contributed by atoms with E-state index in [1.807, 2.05) is 34.7 Å². The van der Waals surface area contributed by atoms with Crippen LogP contribution in [0.2, 0.25) is 0 Å². The minimum absolute atomic E-state index is 0.0834. The van der Waals surface area contributed by atoms with Gasteiger partial charge < -0.3 is 20.5 Å². The number of aliphatic hydroxyl groups is 1. The molecular formula is C24H33N7O3. The van der Waals surface area contributed by atoms with Gasteiger partial charge in [0.15, 0.2) is 0 Å². The highest BCUT2D eigenvalue weighted by Gasteiger charge is 2.26. The van der Waals surface area contributed by atoms with Gasteiger partial charge in [-0.2, -0.15) is 5.10 Å². The highest BCUT2D eigenvalue weighted by Crippen LogP contribution is 2.37. The second kappa shape index (κ2) is 9.71. The van der Waals surface area contributed by atoms with Crippen LogP contribution in [-0.4, -0.2) is 67.3 Å². The van der Waals surface area contributed by atoms with E-state index < -0.39 is 0 Å². The minimum atomic E-state index is -0.210. The van der Waals surface area contributed by atoms with Crippen LogP contribution in [0.5, 0.6) is 0 Å². The molecule has 2 fully saturated rings. The van der Waals surface area contributed by atoms with Crippen molar-refractivity contribution in [2.75, 3.05) is 19.0 Å². The molecule has 0 spiro atoms. The largest absolute Gasteiger partial charge is 0.393 e. The first-order valence-electron chi connectivity index (χ1n) is 12.1. The quantitative estimate of drug-likeness (QED) is 0.465. The summed E-state index contributed by atoms with van der Waals surface area (Å²) in [4.78, 5) is 16.1. The summed E-state index contributed by atoms with van der Waals surface area (Å²) in [6.07, 6.45) is 10.4. The Morgan fingerprint density at radius 1 is 1.26 bits per heavy atom. The lowest BCUT2D eigenvalue weighted by molar-refractivity contribution is -0.119. The summed E-state index contributed by atoms with van der Waals surface area (Å²) in [6.45, 7) is 3.25. The lowest BCUT2D eigenvalue weighted by Crippen LogP contribution is -2.29. The lowest BCUT2D eigenvalue weighted by Gasteiger charge is -2.25. The number of nitrogens with zero attached hydrogens (tertiary/aromatic N) is 5. The molecular weight excluding hydrogens is 434 g/mol. The number of ether oxygens (including phenoxy) is 1. The number of fused-ring (bicyclic) bond motifs is 1. The first kappa shape index (κ1) is 22.8. The van der Waals surface area contributed by atoms with E-state index in [2.05, 4.69) is 26.8 Å². The van der Waals surface area contributed by atoms with E-state index >= 15 is 0 Å². The average Bonchev–Trinajstić information content (AvgIpc) is 3.53. The molecule has 0 aromatic carbocycles. The van der Waals surface area contributed by atoms with Gasteiger partial charge in [-0.1, -0.05) is 0 Å². The summed E-state index contributed by atoms with van der Waals surface area (Å²) in [6, 6.07) is 2.41. The van der Waals surface area contributed by atoms with E-state index in [1.54, 1.807) is 7.11 Å². The van der Waals surface area contributed by atoms with E-state index in [0.717, 1.165) is 54.4 Å². The van der Waals surface area contributed by atoms with Crippen LogP contribution in [0.25, 0.3) is 16.6 Å². The van der Waals surface area contributed by atoms with Gasteiger partial charge in [-0.05, 0) is 45.1 Å². The Morgan fingerprint density at radius 3 is 2.82 bits per heavy atom. The molecule has 3 N–H and O–H groups in total. The summed E-state index contributed by atoms with van der Waals surface area (Å²) in [7, 11) is 1.68. The van der Waals surface area contributed by atoms with Crippen LogP contribution >= 0.6 is 0 Å². The molecule has 1 amide bonds. The van der Waals surface area contributed by atoms with E-state index in [9.17, 15) is 9.90 Å². The minimum Gasteiger partial charge on any atom is -0.393 e. The molecule has 5 rings (SSSR count). The molecule has 1 saturated heterocycles. The third-order valence-electron chi connectivity index (χ3n) is 6.89. The molecule has 2 atom stereocenters. The van der Waals surface area contributed by atoms with Gasteiger partial charge in [0.2, 0.25) is 11.9 Å². The van der Waals surface area contributed by atoms with Gasteiger partial charge in [0.1, 0.15) is 0 Å². The molecule has 2 aliphatic rings. The van der Waals surface area contributed by atoms with Crippen LogP contribution in [0.15, 0.2) is 24.7 Å². The van der Waals surface area contributed by atoms with E-state index in [1.165, 1.54) is 0 Å². The van der Waals surface area contributed by atoms with Gasteiger partial charge in [-0.25, -0.2) is 9.50 Å². The van der Waals surface area contributed by atoms with Gasteiger partial charge in [0.05, 0.1) is 37.2 Å². The zero-order chi connectivity index (χ0) is 23.7. The molecule has 0 radical (unpaired) electrons. The second-order valence-corrected chi connectivity index (χ2v) is 9.62. The first-order chi connectivity index (χ1) is 16.5. The van der Waals surface area contributed by atoms with Crippen LogP contribution in [0, 0.1) is 0 Å². The zero-order valence-corrected chi connectivity index (χ0v) is 19.8. The molecule has 10 heteroatoms. The fourth-order valence-corrected chi connectivity index (χ4v) is 5.13. The number of methoxy groups -OCH3 is 1. The maximum Gasteiger partial charge on any atom is 0.241 e. The molecule has 1 aliphatic heterocycles. The van der Waals surface area contributed by atoms with Crippen LogP contribution in [0.1, 0.15) is 57.1 Å². The number of hydrogen-bond acceptors (Lipinski definition) is 7. The van der Waals surface area contributed by atoms with Crippen molar-refractivity contribution >= 4 is 17.4 Å². The van der Waals surface area contributed by atoms with Crippen molar-refractivity contribution in [1.29, 1.82) is 0 Å². The Bertz CT molecular complexity index is 1150. The second-order valence-electron chi connectivity index (χ2n) is 9.62. The van der Waals surface area contributed by atoms with E-state index in [4.69, 9.17) is 9.84 Å². The third-order valence-corrected chi connectivity index (χ3v) is 6.89. The molecule has 182 valence electrons.